The Kier molecular flexibility index (Phi) is 5.48. The summed E-state index contributed by atoms with van der Waals surface area (Å²) in [6.07, 6.45) is 0. The van der Waals surface area contributed by atoms with E-state index in [4.69, 9.17) is 0 Å². The van der Waals surface area contributed by atoms with Gasteiger partial charge in [0, 0.05) is 17.7 Å². The number of thiazole rings is 1. The summed E-state index contributed by atoms with van der Waals surface area (Å²) in [6, 6.07) is 11.7. The number of benzene rings is 2. The molecule has 0 bridgehead atoms. The fourth-order valence-corrected chi connectivity index (χ4v) is 3.76. The van der Waals surface area contributed by atoms with Crippen molar-refractivity contribution in [2.24, 2.45) is 0 Å². The maximum atomic E-state index is 13.1. The number of nitro benzene ring substituents is 1. The Morgan fingerprint density at radius 3 is 2.52 bits per heavy atom. The Morgan fingerprint density at radius 1 is 1.22 bits per heavy atom. The van der Waals surface area contributed by atoms with Crippen LogP contribution in [0.1, 0.15) is 15.9 Å². The lowest BCUT2D eigenvalue weighted by atomic mass is 10.2. The number of aromatic nitrogens is 1. The molecule has 0 fully saturated rings. The highest BCUT2D eigenvalue weighted by Gasteiger charge is 2.23. The van der Waals surface area contributed by atoms with Gasteiger partial charge in [0.1, 0.15) is 0 Å². The Labute approximate surface area is 161 Å². The average Bonchev–Trinajstić information content (AvgIpc) is 3.07. The second-order valence-corrected chi connectivity index (χ2v) is 7.65. The van der Waals surface area contributed by atoms with Crippen molar-refractivity contribution in [1.29, 1.82) is 0 Å². The predicted molar refractivity (Wildman–Crippen MR) is 107 cm³/mol. The molecule has 1 N–H and O–H groups in total. The zero-order valence-electron chi connectivity index (χ0n) is 15.4. The van der Waals surface area contributed by atoms with Crippen LogP contribution in [0.15, 0.2) is 42.5 Å². The van der Waals surface area contributed by atoms with E-state index in [0.29, 0.717) is 17.2 Å². The van der Waals surface area contributed by atoms with Gasteiger partial charge in [0.05, 0.1) is 42.3 Å². The van der Waals surface area contributed by atoms with Crippen LogP contribution in [0.5, 0.6) is 0 Å². The van der Waals surface area contributed by atoms with Gasteiger partial charge in [-0.2, -0.15) is 0 Å². The Bertz CT molecular complexity index is 982. The van der Waals surface area contributed by atoms with Gasteiger partial charge >= 0.3 is 0 Å². The summed E-state index contributed by atoms with van der Waals surface area (Å²) in [5.74, 6) is -0.206. The molecule has 0 spiro atoms. The third kappa shape index (κ3) is 4.12. The molecular formula is C19H21N4O3S+. The van der Waals surface area contributed by atoms with Gasteiger partial charge in [-0.15, -0.1) is 0 Å². The van der Waals surface area contributed by atoms with E-state index in [1.165, 1.54) is 40.5 Å². The third-order valence-electron chi connectivity index (χ3n) is 4.25. The van der Waals surface area contributed by atoms with Crippen LogP contribution in [0.2, 0.25) is 0 Å². The lowest BCUT2D eigenvalue weighted by Crippen LogP contribution is -3.06. The van der Waals surface area contributed by atoms with Crippen LogP contribution in [0.3, 0.4) is 0 Å². The molecule has 0 saturated carbocycles. The molecule has 2 aromatic carbocycles. The van der Waals surface area contributed by atoms with Crippen molar-refractivity contribution in [2.45, 2.75) is 6.92 Å². The summed E-state index contributed by atoms with van der Waals surface area (Å²) in [7, 11) is 4.05. The van der Waals surface area contributed by atoms with Gasteiger partial charge in [0.2, 0.25) is 0 Å². The topological polar surface area (TPSA) is 80.8 Å². The minimum Gasteiger partial charge on any atom is -0.338 e. The number of para-hydroxylation sites is 1. The number of aryl methyl sites for hydroxylation is 1. The van der Waals surface area contributed by atoms with Crippen molar-refractivity contribution in [3.63, 3.8) is 0 Å². The van der Waals surface area contributed by atoms with E-state index in [2.05, 4.69) is 4.98 Å². The van der Waals surface area contributed by atoms with E-state index in [-0.39, 0.29) is 11.6 Å². The molecule has 0 aliphatic heterocycles. The number of likely N-dealkylation sites (N-methyl/N-ethyl adjacent to an activating group) is 1. The van der Waals surface area contributed by atoms with Crippen molar-refractivity contribution >= 4 is 38.3 Å². The van der Waals surface area contributed by atoms with E-state index in [1.807, 2.05) is 39.2 Å². The number of hydrogen-bond donors (Lipinski definition) is 1. The van der Waals surface area contributed by atoms with Crippen LogP contribution in [0.4, 0.5) is 10.8 Å². The molecule has 27 heavy (non-hydrogen) atoms. The van der Waals surface area contributed by atoms with Gasteiger partial charge in [-0.1, -0.05) is 23.5 Å². The number of hydrogen-bond acceptors (Lipinski definition) is 5. The Hall–Kier alpha value is -2.84. The number of carbonyl (C=O) groups excluding carboxylic acids is 1. The number of quaternary nitrogens is 1. The maximum absolute atomic E-state index is 13.1. The molecule has 1 aromatic heterocycles. The predicted octanol–water partition coefficient (Wildman–Crippen LogP) is 2.30. The summed E-state index contributed by atoms with van der Waals surface area (Å²) in [5.41, 5.74) is 2.34. The standard InChI is InChI=1S/C19H20N4O3S/c1-13-5-4-6-16-17(13)20-19(27-16)22(12-11-21(2)3)18(24)14-7-9-15(10-8-14)23(25)26/h4-10H,11-12H2,1-3H3/p+1. The van der Waals surface area contributed by atoms with Gasteiger partial charge in [-0.05, 0) is 30.7 Å². The van der Waals surface area contributed by atoms with Crippen LogP contribution in [-0.4, -0.2) is 43.0 Å². The second kappa shape index (κ2) is 7.81. The molecule has 140 valence electrons. The van der Waals surface area contributed by atoms with E-state index >= 15 is 0 Å². The molecule has 0 unspecified atom stereocenters. The minimum absolute atomic E-state index is 0.0357. The SMILES string of the molecule is Cc1cccc2sc(N(CC[NH+](C)C)C(=O)c3ccc([N+](=O)[O-])cc3)nc12. The molecule has 0 saturated heterocycles. The van der Waals surface area contributed by atoms with E-state index in [0.717, 1.165) is 22.3 Å². The van der Waals surface area contributed by atoms with E-state index < -0.39 is 4.92 Å². The first-order valence-corrected chi connectivity index (χ1v) is 9.40. The molecule has 0 radical (unpaired) electrons. The number of non-ortho nitro benzene ring substituents is 1. The zero-order valence-corrected chi connectivity index (χ0v) is 16.2. The lowest BCUT2D eigenvalue weighted by molar-refractivity contribution is -0.856. The van der Waals surface area contributed by atoms with Crippen LogP contribution < -0.4 is 9.80 Å². The maximum Gasteiger partial charge on any atom is 0.269 e. The first kappa shape index (κ1) is 18.9. The number of nitrogens with zero attached hydrogens (tertiary/aromatic N) is 3. The van der Waals surface area contributed by atoms with Gasteiger partial charge in [0.15, 0.2) is 5.13 Å². The molecule has 0 atom stereocenters. The zero-order chi connectivity index (χ0) is 19.6. The fourth-order valence-electron chi connectivity index (χ4n) is 2.69. The Balaban J connectivity index is 1.97. The highest BCUT2D eigenvalue weighted by molar-refractivity contribution is 7.22. The first-order chi connectivity index (χ1) is 12.9. The quantitative estimate of drug-likeness (QED) is 0.522. The van der Waals surface area contributed by atoms with E-state index in [1.54, 1.807) is 4.90 Å². The van der Waals surface area contributed by atoms with Gasteiger partial charge in [0.25, 0.3) is 11.6 Å². The number of nitrogens with one attached hydrogen (secondary N) is 1. The van der Waals surface area contributed by atoms with Crippen molar-refractivity contribution in [3.8, 4) is 0 Å². The van der Waals surface area contributed by atoms with Gasteiger partial charge in [-0.25, -0.2) is 4.98 Å². The van der Waals surface area contributed by atoms with Crippen LogP contribution in [0.25, 0.3) is 10.2 Å². The normalized spacial score (nSPS) is 11.1. The summed E-state index contributed by atoms with van der Waals surface area (Å²) in [6.45, 7) is 3.27. The molecule has 8 heteroatoms. The molecule has 3 aromatic rings. The summed E-state index contributed by atoms with van der Waals surface area (Å²) >= 11 is 1.48. The van der Waals surface area contributed by atoms with E-state index in [9.17, 15) is 14.9 Å². The van der Waals surface area contributed by atoms with Crippen LogP contribution >= 0.6 is 11.3 Å². The highest BCUT2D eigenvalue weighted by Crippen LogP contribution is 2.31. The second-order valence-electron chi connectivity index (χ2n) is 6.64. The van der Waals surface area contributed by atoms with Crippen molar-refractivity contribution in [2.75, 3.05) is 32.1 Å². The summed E-state index contributed by atoms with van der Waals surface area (Å²) in [5, 5.41) is 11.5. The number of fused-ring (bicyclic) bond motifs is 1. The fraction of sp³-hybridized carbons (Fsp3) is 0.263. The van der Waals surface area contributed by atoms with Crippen LogP contribution in [0, 0.1) is 17.0 Å². The largest absolute Gasteiger partial charge is 0.338 e. The molecule has 1 heterocycles. The molecule has 0 aliphatic carbocycles. The summed E-state index contributed by atoms with van der Waals surface area (Å²) in [4.78, 5) is 31.1. The molecule has 0 aliphatic rings. The number of amides is 1. The van der Waals surface area contributed by atoms with Gasteiger partial charge in [-0.3, -0.25) is 19.8 Å². The molecule has 1 amide bonds. The average molecular weight is 385 g/mol. The molecule has 7 nitrogen and oxygen atoms in total. The highest BCUT2D eigenvalue weighted by atomic mass is 32.1. The Morgan fingerprint density at radius 2 is 1.93 bits per heavy atom. The van der Waals surface area contributed by atoms with Gasteiger partial charge < -0.3 is 4.90 Å². The monoisotopic (exact) mass is 385 g/mol. The minimum atomic E-state index is -0.474. The van der Waals surface area contributed by atoms with Crippen LogP contribution in [-0.2, 0) is 0 Å². The third-order valence-corrected chi connectivity index (χ3v) is 5.29. The molecule has 3 rings (SSSR count). The molecular weight excluding hydrogens is 364 g/mol. The smallest absolute Gasteiger partial charge is 0.269 e. The van der Waals surface area contributed by atoms with Crippen molar-refractivity contribution in [1.82, 2.24) is 4.98 Å². The number of carbonyl (C=O) groups is 1. The lowest BCUT2D eigenvalue weighted by Gasteiger charge is -2.20. The number of anilines is 1. The van der Waals surface area contributed by atoms with Crippen molar-refractivity contribution < 1.29 is 14.6 Å². The number of nitro groups is 1. The summed E-state index contributed by atoms with van der Waals surface area (Å²) < 4.78 is 1.03. The first-order valence-electron chi connectivity index (χ1n) is 8.58. The van der Waals surface area contributed by atoms with Crippen molar-refractivity contribution in [3.05, 3.63) is 63.7 Å². The number of rotatable bonds is 6.